The van der Waals surface area contributed by atoms with Crippen LogP contribution in [0, 0.1) is 5.92 Å². The Balaban J connectivity index is 1.98. The standard InChI is InChI=1S/C17H30N4O2/c1-5-21-16-8-9-20(10-14(16)15(11-22)19-21)17(23)18-13(4)7-6-12(2)3/h12-13,22H,5-11H2,1-4H3,(H,18,23)/t13-/m0/s1. The van der Waals surface area contributed by atoms with Gasteiger partial charge in [0.2, 0.25) is 0 Å². The van der Waals surface area contributed by atoms with E-state index in [9.17, 15) is 9.90 Å². The Morgan fingerprint density at radius 1 is 1.35 bits per heavy atom. The summed E-state index contributed by atoms with van der Waals surface area (Å²) < 4.78 is 1.95. The lowest BCUT2D eigenvalue weighted by Gasteiger charge is -2.29. The lowest BCUT2D eigenvalue weighted by molar-refractivity contribution is 0.186. The first kappa shape index (κ1) is 17.8. The molecule has 0 aliphatic carbocycles. The van der Waals surface area contributed by atoms with Crippen LogP contribution in [-0.4, -0.2) is 38.4 Å². The third-order valence-corrected chi connectivity index (χ3v) is 4.50. The van der Waals surface area contributed by atoms with Crippen molar-refractivity contribution in [2.45, 2.75) is 72.7 Å². The van der Waals surface area contributed by atoms with Crippen molar-refractivity contribution in [2.75, 3.05) is 6.54 Å². The van der Waals surface area contributed by atoms with E-state index in [1.54, 1.807) is 0 Å². The van der Waals surface area contributed by atoms with Crippen molar-refractivity contribution in [3.8, 4) is 0 Å². The highest BCUT2D eigenvalue weighted by atomic mass is 16.3. The maximum absolute atomic E-state index is 12.5. The zero-order chi connectivity index (χ0) is 17.0. The molecule has 0 saturated heterocycles. The maximum atomic E-state index is 12.5. The molecule has 0 radical (unpaired) electrons. The number of carbonyl (C=O) groups is 1. The number of aromatic nitrogens is 2. The first-order valence-electron chi connectivity index (χ1n) is 8.69. The molecule has 130 valence electrons. The topological polar surface area (TPSA) is 70.4 Å². The number of urea groups is 1. The summed E-state index contributed by atoms with van der Waals surface area (Å²) in [4.78, 5) is 14.3. The van der Waals surface area contributed by atoms with Crippen molar-refractivity contribution < 1.29 is 9.90 Å². The van der Waals surface area contributed by atoms with Crippen molar-refractivity contribution in [3.63, 3.8) is 0 Å². The van der Waals surface area contributed by atoms with Gasteiger partial charge >= 0.3 is 6.03 Å². The maximum Gasteiger partial charge on any atom is 0.317 e. The quantitative estimate of drug-likeness (QED) is 0.844. The van der Waals surface area contributed by atoms with E-state index in [4.69, 9.17) is 0 Å². The van der Waals surface area contributed by atoms with Gasteiger partial charge in [0.05, 0.1) is 18.8 Å². The molecule has 2 heterocycles. The summed E-state index contributed by atoms with van der Waals surface area (Å²) in [6, 6.07) is 0.169. The monoisotopic (exact) mass is 322 g/mol. The molecule has 2 amide bonds. The Morgan fingerprint density at radius 2 is 2.09 bits per heavy atom. The number of nitrogens with zero attached hydrogens (tertiary/aromatic N) is 3. The second kappa shape index (κ2) is 7.81. The molecule has 0 unspecified atom stereocenters. The molecular weight excluding hydrogens is 292 g/mol. The van der Waals surface area contributed by atoms with E-state index in [1.165, 1.54) is 0 Å². The normalized spacial score (nSPS) is 15.7. The Labute approximate surface area is 138 Å². The predicted octanol–water partition coefficient (Wildman–Crippen LogP) is 2.29. The Morgan fingerprint density at radius 3 is 2.70 bits per heavy atom. The van der Waals surface area contributed by atoms with Gasteiger partial charge < -0.3 is 15.3 Å². The number of aryl methyl sites for hydroxylation is 1. The lowest BCUT2D eigenvalue weighted by atomic mass is 10.0. The molecular formula is C17H30N4O2. The molecule has 1 aromatic heterocycles. The van der Waals surface area contributed by atoms with Gasteiger partial charge in [-0.05, 0) is 32.6 Å². The molecule has 6 heteroatoms. The van der Waals surface area contributed by atoms with E-state index in [0.717, 1.165) is 37.1 Å². The minimum absolute atomic E-state index is 0.0138. The fraction of sp³-hybridized carbons (Fsp3) is 0.765. The van der Waals surface area contributed by atoms with Crippen LogP contribution in [0.1, 0.15) is 57.5 Å². The summed E-state index contributed by atoms with van der Waals surface area (Å²) in [5, 5.41) is 17.0. The van der Waals surface area contributed by atoms with Gasteiger partial charge in [-0.1, -0.05) is 13.8 Å². The smallest absolute Gasteiger partial charge is 0.317 e. The number of hydrogen-bond acceptors (Lipinski definition) is 3. The van der Waals surface area contributed by atoms with E-state index in [2.05, 4.69) is 31.2 Å². The number of carbonyl (C=O) groups excluding carboxylic acids is 1. The summed E-state index contributed by atoms with van der Waals surface area (Å²) in [7, 11) is 0. The molecule has 23 heavy (non-hydrogen) atoms. The number of rotatable bonds is 6. The van der Waals surface area contributed by atoms with Crippen LogP contribution in [0.5, 0.6) is 0 Å². The largest absolute Gasteiger partial charge is 0.390 e. The highest BCUT2D eigenvalue weighted by molar-refractivity contribution is 5.74. The Hall–Kier alpha value is -1.56. The van der Waals surface area contributed by atoms with Gasteiger partial charge in [0, 0.05) is 36.8 Å². The number of aliphatic hydroxyl groups is 1. The Kier molecular flexibility index (Phi) is 6.04. The van der Waals surface area contributed by atoms with Crippen LogP contribution in [0.15, 0.2) is 0 Å². The number of nitrogens with one attached hydrogen (secondary N) is 1. The summed E-state index contributed by atoms with van der Waals surface area (Å²) in [5.41, 5.74) is 2.88. The van der Waals surface area contributed by atoms with Crippen molar-refractivity contribution in [3.05, 3.63) is 17.0 Å². The van der Waals surface area contributed by atoms with E-state index in [0.29, 0.717) is 24.7 Å². The summed E-state index contributed by atoms with van der Waals surface area (Å²) in [5.74, 6) is 0.652. The number of amides is 2. The van der Waals surface area contributed by atoms with Gasteiger partial charge in [0.25, 0.3) is 0 Å². The average molecular weight is 322 g/mol. The lowest BCUT2D eigenvalue weighted by Crippen LogP contribution is -2.46. The van der Waals surface area contributed by atoms with Crippen LogP contribution >= 0.6 is 0 Å². The highest BCUT2D eigenvalue weighted by Gasteiger charge is 2.27. The van der Waals surface area contributed by atoms with Gasteiger partial charge in [0.1, 0.15) is 0 Å². The van der Waals surface area contributed by atoms with Crippen molar-refractivity contribution in [1.29, 1.82) is 0 Å². The molecule has 6 nitrogen and oxygen atoms in total. The van der Waals surface area contributed by atoms with Crippen molar-refractivity contribution in [1.82, 2.24) is 20.0 Å². The zero-order valence-electron chi connectivity index (χ0n) is 14.8. The van der Waals surface area contributed by atoms with Crippen LogP contribution in [0.25, 0.3) is 0 Å². The van der Waals surface area contributed by atoms with Gasteiger partial charge in [-0.15, -0.1) is 0 Å². The van der Waals surface area contributed by atoms with Crippen LogP contribution in [0.2, 0.25) is 0 Å². The molecule has 0 aromatic carbocycles. The van der Waals surface area contributed by atoms with Gasteiger partial charge in [0.15, 0.2) is 0 Å². The third kappa shape index (κ3) is 4.25. The van der Waals surface area contributed by atoms with Crippen LogP contribution < -0.4 is 5.32 Å². The van der Waals surface area contributed by atoms with E-state index < -0.39 is 0 Å². The molecule has 0 saturated carbocycles. The van der Waals surface area contributed by atoms with Crippen LogP contribution in [0.3, 0.4) is 0 Å². The second-order valence-electron chi connectivity index (χ2n) is 6.84. The van der Waals surface area contributed by atoms with Crippen molar-refractivity contribution >= 4 is 6.03 Å². The van der Waals surface area contributed by atoms with Crippen LogP contribution in [-0.2, 0) is 26.1 Å². The molecule has 1 aromatic rings. The molecule has 1 atom stereocenters. The second-order valence-corrected chi connectivity index (χ2v) is 6.84. The highest BCUT2D eigenvalue weighted by Crippen LogP contribution is 2.23. The average Bonchev–Trinajstić information content (AvgIpc) is 2.90. The first-order chi connectivity index (χ1) is 11.0. The predicted molar refractivity (Wildman–Crippen MR) is 90.0 cm³/mol. The summed E-state index contributed by atoms with van der Waals surface area (Å²) in [6.07, 6.45) is 2.91. The van der Waals surface area contributed by atoms with Gasteiger partial charge in [-0.2, -0.15) is 5.10 Å². The van der Waals surface area contributed by atoms with Crippen molar-refractivity contribution in [2.24, 2.45) is 5.92 Å². The minimum atomic E-state index is -0.0738. The molecule has 0 fully saturated rings. The van der Waals surface area contributed by atoms with Gasteiger partial charge in [-0.3, -0.25) is 4.68 Å². The molecule has 1 aliphatic rings. The van der Waals surface area contributed by atoms with Crippen LogP contribution in [0.4, 0.5) is 4.79 Å². The molecule has 0 bridgehead atoms. The first-order valence-corrected chi connectivity index (χ1v) is 8.69. The molecule has 1 aliphatic heterocycles. The third-order valence-electron chi connectivity index (χ3n) is 4.50. The summed E-state index contributed by atoms with van der Waals surface area (Å²) in [6.45, 7) is 10.5. The number of hydrogen-bond donors (Lipinski definition) is 2. The minimum Gasteiger partial charge on any atom is -0.390 e. The number of fused-ring (bicyclic) bond motifs is 1. The number of aliphatic hydroxyl groups excluding tert-OH is 1. The summed E-state index contributed by atoms with van der Waals surface area (Å²) >= 11 is 0. The van der Waals surface area contributed by atoms with E-state index in [1.807, 2.05) is 16.5 Å². The molecule has 0 spiro atoms. The van der Waals surface area contributed by atoms with E-state index >= 15 is 0 Å². The SMILES string of the molecule is CCn1nc(CO)c2c1CCN(C(=O)N[C@@H](C)CCC(C)C)C2. The Bertz CT molecular complexity index is 539. The van der Waals surface area contributed by atoms with Gasteiger partial charge in [-0.25, -0.2) is 4.79 Å². The fourth-order valence-corrected chi connectivity index (χ4v) is 3.08. The molecule has 2 N–H and O–H groups in total. The van der Waals surface area contributed by atoms with E-state index in [-0.39, 0.29) is 18.7 Å². The zero-order valence-corrected chi connectivity index (χ0v) is 14.8. The molecule has 2 rings (SSSR count). The fourth-order valence-electron chi connectivity index (χ4n) is 3.08.